The van der Waals surface area contributed by atoms with Crippen LogP contribution >= 0.6 is 0 Å². The number of hydrogen-bond acceptors (Lipinski definition) is 2. The molecule has 2 N–H and O–H groups in total. The van der Waals surface area contributed by atoms with Crippen LogP contribution in [0.5, 0.6) is 0 Å². The van der Waals surface area contributed by atoms with Gasteiger partial charge in [0.05, 0.1) is 0 Å². The monoisotopic (exact) mass is 179 g/mol. The standard InChI is InChI=1S/C6H6.C2H2BO4/c1-2-4-6-5-3-1;4-1(5)3-2(6)7/h1-6H;(H,4,5)(H,6,7). The van der Waals surface area contributed by atoms with Crippen LogP contribution in [0.1, 0.15) is 0 Å². The van der Waals surface area contributed by atoms with E-state index < -0.39 is 11.7 Å². The fourth-order valence-corrected chi connectivity index (χ4v) is 0.491. The van der Waals surface area contributed by atoms with Crippen molar-refractivity contribution in [3.05, 3.63) is 36.4 Å². The fourth-order valence-electron chi connectivity index (χ4n) is 0.491. The summed E-state index contributed by atoms with van der Waals surface area (Å²) >= 11 is 0. The number of benzene rings is 1. The van der Waals surface area contributed by atoms with Gasteiger partial charge in [-0.1, -0.05) is 36.4 Å². The largest absolute Gasteiger partial charge is 0.489 e. The summed E-state index contributed by atoms with van der Waals surface area (Å²) in [5.74, 6) is -2.87. The van der Waals surface area contributed by atoms with E-state index in [-0.39, 0.29) is 7.28 Å². The first kappa shape index (κ1) is 11.2. The maximum atomic E-state index is 9.37. The minimum atomic E-state index is -1.44. The van der Waals surface area contributed by atoms with Crippen molar-refractivity contribution >= 4 is 19.0 Å². The normalized spacial score (nSPS) is 7.69. The molecule has 0 unspecified atom stereocenters. The molecule has 1 aromatic carbocycles. The molecule has 1 rings (SSSR count). The third kappa shape index (κ3) is 10.2. The lowest BCUT2D eigenvalue weighted by Crippen LogP contribution is -2.14. The Kier molecular flexibility index (Phi) is 5.96. The van der Waals surface area contributed by atoms with Crippen LogP contribution < -0.4 is 0 Å². The highest BCUT2D eigenvalue weighted by atomic mass is 16.4. The van der Waals surface area contributed by atoms with Gasteiger partial charge >= 0.3 is 7.28 Å². The summed E-state index contributed by atoms with van der Waals surface area (Å²) in [5, 5.41) is 15.3. The highest BCUT2D eigenvalue weighted by molar-refractivity contribution is 6.94. The molecule has 0 spiro atoms. The molecular weight excluding hydrogens is 171 g/mol. The molecule has 0 bridgehead atoms. The molecule has 0 aromatic heterocycles. The van der Waals surface area contributed by atoms with Gasteiger partial charge in [-0.25, -0.2) is 0 Å². The summed E-state index contributed by atoms with van der Waals surface area (Å²) in [5.41, 5.74) is 0. The van der Waals surface area contributed by atoms with E-state index in [1.807, 2.05) is 36.4 Å². The third-order valence-electron chi connectivity index (χ3n) is 0.914. The molecule has 0 saturated heterocycles. The third-order valence-corrected chi connectivity index (χ3v) is 0.914. The zero-order valence-electron chi connectivity index (χ0n) is 6.75. The molecule has 0 aliphatic heterocycles. The second-order valence-corrected chi connectivity index (χ2v) is 1.98. The zero-order valence-corrected chi connectivity index (χ0v) is 6.75. The van der Waals surface area contributed by atoms with Gasteiger partial charge in [-0.15, -0.1) is 0 Å². The molecule has 1 radical (unpaired) electrons. The molecule has 0 fully saturated rings. The van der Waals surface area contributed by atoms with E-state index in [0.29, 0.717) is 0 Å². The lowest BCUT2D eigenvalue weighted by molar-refractivity contribution is 0.213. The van der Waals surface area contributed by atoms with Crippen molar-refractivity contribution in [2.45, 2.75) is 0 Å². The van der Waals surface area contributed by atoms with Crippen molar-refractivity contribution in [3.63, 3.8) is 0 Å². The topological polar surface area (TPSA) is 74.6 Å². The van der Waals surface area contributed by atoms with Crippen LogP contribution in [0.15, 0.2) is 36.4 Å². The number of carboxylic acid groups (broad SMARTS) is 2. The van der Waals surface area contributed by atoms with Gasteiger partial charge in [0.25, 0.3) is 11.7 Å². The average Bonchev–Trinajstić information content (AvgIpc) is 2.06. The number of carbonyl (C=O) groups is 2. The van der Waals surface area contributed by atoms with Crippen LogP contribution in [0.2, 0.25) is 0 Å². The summed E-state index contributed by atoms with van der Waals surface area (Å²) < 4.78 is 0. The first-order valence-electron chi connectivity index (χ1n) is 3.43. The van der Waals surface area contributed by atoms with Crippen molar-refractivity contribution in [3.8, 4) is 0 Å². The molecule has 1 aromatic rings. The van der Waals surface area contributed by atoms with Crippen molar-refractivity contribution in [1.29, 1.82) is 0 Å². The van der Waals surface area contributed by atoms with Crippen LogP contribution in [0.4, 0.5) is 9.59 Å². The Balaban J connectivity index is 0.000000223. The second-order valence-electron chi connectivity index (χ2n) is 1.98. The van der Waals surface area contributed by atoms with Gasteiger partial charge in [0.15, 0.2) is 0 Å². The zero-order chi connectivity index (χ0) is 10.1. The van der Waals surface area contributed by atoms with Crippen LogP contribution in [0.3, 0.4) is 0 Å². The molecule has 0 aliphatic carbocycles. The fraction of sp³-hybridized carbons (Fsp3) is 0. The molecule has 13 heavy (non-hydrogen) atoms. The molecular formula is C8H8BO4. The molecule has 0 amide bonds. The van der Waals surface area contributed by atoms with Gasteiger partial charge in [0.2, 0.25) is 0 Å². The summed E-state index contributed by atoms with van der Waals surface area (Å²) in [4.78, 5) is 18.7. The van der Waals surface area contributed by atoms with E-state index in [0.717, 1.165) is 0 Å². The van der Waals surface area contributed by atoms with Crippen LogP contribution in [-0.2, 0) is 0 Å². The van der Waals surface area contributed by atoms with E-state index in [9.17, 15) is 9.59 Å². The molecule has 0 atom stereocenters. The van der Waals surface area contributed by atoms with Crippen LogP contribution in [0, 0.1) is 0 Å². The van der Waals surface area contributed by atoms with Crippen molar-refractivity contribution in [2.75, 3.05) is 0 Å². The molecule has 0 aliphatic rings. The number of rotatable bonds is 2. The van der Waals surface area contributed by atoms with Crippen LogP contribution in [-0.4, -0.2) is 29.2 Å². The molecule has 0 saturated carbocycles. The summed E-state index contributed by atoms with van der Waals surface area (Å²) in [6.07, 6.45) is 0. The maximum Gasteiger partial charge on any atom is 0.404 e. The Labute approximate surface area is 76.1 Å². The Bertz CT molecular complexity index is 221. The van der Waals surface area contributed by atoms with Gasteiger partial charge in [-0.05, 0) is 0 Å². The van der Waals surface area contributed by atoms with Crippen molar-refractivity contribution < 1.29 is 19.8 Å². The Hall–Kier alpha value is -1.78. The van der Waals surface area contributed by atoms with Crippen molar-refractivity contribution in [1.82, 2.24) is 0 Å². The first-order valence-corrected chi connectivity index (χ1v) is 3.43. The van der Waals surface area contributed by atoms with E-state index >= 15 is 0 Å². The average molecular weight is 179 g/mol. The second kappa shape index (κ2) is 6.91. The maximum absolute atomic E-state index is 9.37. The van der Waals surface area contributed by atoms with Gasteiger partial charge in [0.1, 0.15) is 0 Å². The van der Waals surface area contributed by atoms with Crippen molar-refractivity contribution in [2.24, 2.45) is 0 Å². The van der Waals surface area contributed by atoms with E-state index in [1.165, 1.54) is 0 Å². The first-order chi connectivity index (χ1) is 6.13. The van der Waals surface area contributed by atoms with Gasteiger partial charge in [-0.3, -0.25) is 9.59 Å². The van der Waals surface area contributed by atoms with E-state index in [4.69, 9.17) is 10.2 Å². The molecule has 0 heterocycles. The highest BCUT2D eigenvalue weighted by Crippen LogP contribution is 1.79. The number of hydrogen-bond donors (Lipinski definition) is 2. The highest BCUT2D eigenvalue weighted by Gasteiger charge is 2.07. The lowest BCUT2D eigenvalue weighted by atomic mass is 9.80. The summed E-state index contributed by atoms with van der Waals surface area (Å²) in [6.45, 7) is 0. The predicted octanol–water partition coefficient (Wildman–Crippen LogP) is 1.73. The Morgan fingerprint density at radius 2 is 1.00 bits per heavy atom. The van der Waals surface area contributed by atoms with Gasteiger partial charge < -0.3 is 10.2 Å². The summed E-state index contributed by atoms with van der Waals surface area (Å²) in [6, 6.07) is 12.0. The molecule has 4 nitrogen and oxygen atoms in total. The minimum Gasteiger partial charge on any atom is -0.489 e. The lowest BCUT2D eigenvalue weighted by Gasteiger charge is -1.77. The smallest absolute Gasteiger partial charge is 0.404 e. The van der Waals surface area contributed by atoms with E-state index in [2.05, 4.69) is 0 Å². The SMILES string of the molecule is O=C(O)[B]C(=O)O.c1ccccc1. The Morgan fingerprint density at radius 3 is 1.08 bits per heavy atom. The van der Waals surface area contributed by atoms with Crippen LogP contribution in [0.25, 0.3) is 0 Å². The van der Waals surface area contributed by atoms with E-state index in [1.54, 1.807) is 0 Å². The Morgan fingerprint density at radius 1 is 0.769 bits per heavy atom. The molecule has 67 valence electrons. The summed E-state index contributed by atoms with van der Waals surface area (Å²) in [7, 11) is 0.167. The van der Waals surface area contributed by atoms with Gasteiger partial charge in [-0.2, -0.15) is 0 Å². The minimum absolute atomic E-state index is 0.167. The predicted molar refractivity (Wildman–Crippen MR) is 48.2 cm³/mol. The van der Waals surface area contributed by atoms with Gasteiger partial charge in [0, 0.05) is 0 Å². The quantitative estimate of drug-likeness (QED) is 0.677. The molecule has 5 heteroatoms.